The quantitative estimate of drug-likeness (QED) is 0.592. The monoisotopic (exact) mass is 474 g/mol. The molecule has 0 saturated carbocycles. The largest absolute Gasteiger partial charge is 0.461 e. The lowest BCUT2D eigenvalue weighted by Gasteiger charge is -2.38. The van der Waals surface area contributed by atoms with Crippen LogP contribution in [-0.4, -0.2) is 79.4 Å². The Balaban J connectivity index is 1.47. The molecule has 4 rings (SSSR count). The van der Waals surface area contributed by atoms with Crippen molar-refractivity contribution in [3.8, 4) is 0 Å². The average molecular weight is 475 g/mol. The molecule has 2 aliphatic rings. The summed E-state index contributed by atoms with van der Waals surface area (Å²) >= 11 is 0. The minimum Gasteiger partial charge on any atom is -0.461 e. The molecule has 1 aromatic carbocycles. The smallest absolute Gasteiger partial charge is 0.354 e. The van der Waals surface area contributed by atoms with E-state index < -0.39 is 22.0 Å². The number of hydrogen-bond donors (Lipinski definition) is 0. The predicted octanol–water partition coefficient (Wildman–Crippen LogP) is 1.70. The van der Waals surface area contributed by atoms with E-state index in [9.17, 15) is 18.0 Å². The summed E-state index contributed by atoms with van der Waals surface area (Å²) in [7, 11) is -2.33. The summed E-state index contributed by atoms with van der Waals surface area (Å²) in [5.41, 5.74) is 1.28. The molecule has 1 amide bonds. The first kappa shape index (κ1) is 23.3. The van der Waals surface area contributed by atoms with Crippen LogP contribution in [0.5, 0.6) is 0 Å². The van der Waals surface area contributed by atoms with Gasteiger partial charge >= 0.3 is 5.97 Å². The summed E-state index contributed by atoms with van der Waals surface area (Å²) in [6, 6.07) is 10.7. The average Bonchev–Trinajstić information content (AvgIpc) is 3.47. The number of sulfonamides is 1. The normalized spacial score (nSPS) is 19.6. The number of para-hydroxylation sites is 1. The van der Waals surface area contributed by atoms with Gasteiger partial charge in [0.1, 0.15) is 16.6 Å². The van der Waals surface area contributed by atoms with Gasteiger partial charge in [-0.3, -0.25) is 4.79 Å². The summed E-state index contributed by atoms with van der Waals surface area (Å²) in [6.07, 6.45) is 2.52. The Hall–Kier alpha value is -2.85. The van der Waals surface area contributed by atoms with Gasteiger partial charge in [0.25, 0.3) is 0 Å². The number of esters is 1. The van der Waals surface area contributed by atoms with Crippen molar-refractivity contribution in [1.29, 1.82) is 0 Å². The van der Waals surface area contributed by atoms with Gasteiger partial charge in [-0.2, -0.15) is 4.31 Å². The number of rotatable bonds is 6. The first-order valence-corrected chi connectivity index (χ1v) is 12.7. The van der Waals surface area contributed by atoms with Crippen molar-refractivity contribution in [3.63, 3.8) is 0 Å². The van der Waals surface area contributed by atoms with Gasteiger partial charge in [0.15, 0.2) is 0 Å². The molecule has 2 fully saturated rings. The van der Waals surface area contributed by atoms with E-state index in [4.69, 9.17) is 4.74 Å². The number of nitrogens with zero attached hydrogens (tertiary/aromatic N) is 4. The number of anilines is 1. The number of benzene rings is 1. The number of amides is 1. The lowest BCUT2D eigenvalue weighted by atomic mass is 10.1. The summed E-state index contributed by atoms with van der Waals surface area (Å²) in [5.74, 6) is -0.725. The molecule has 1 aromatic heterocycles. The van der Waals surface area contributed by atoms with E-state index >= 15 is 0 Å². The van der Waals surface area contributed by atoms with Gasteiger partial charge in [0.2, 0.25) is 15.9 Å². The molecule has 178 valence electrons. The van der Waals surface area contributed by atoms with Crippen molar-refractivity contribution < 1.29 is 22.7 Å². The van der Waals surface area contributed by atoms with Gasteiger partial charge < -0.3 is 19.1 Å². The molecule has 9 nitrogen and oxygen atoms in total. The summed E-state index contributed by atoms with van der Waals surface area (Å²) in [4.78, 5) is 29.4. The third-order valence-electron chi connectivity index (χ3n) is 6.27. The number of carbonyl (C=O) groups is 2. The number of carbonyl (C=O) groups excluding carboxylic acids is 2. The SMILES string of the molecule is CCOC(=O)c1cc(S(=O)(=O)N2CCC[C@H]2C(=O)N2CCN(c3ccccc3)CC2)cn1C. The zero-order valence-corrected chi connectivity index (χ0v) is 19.8. The fraction of sp³-hybridized carbons (Fsp3) is 0.478. The molecule has 0 spiro atoms. The number of hydrogen-bond acceptors (Lipinski definition) is 6. The van der Waals surface area contributed by atoms with E-state index in [1.54, 1.807) is 18.9 Å². The topological polar surface area (TPSA) is 92.2 Å². The number of piperazine rings is 1. The van der Waals surface area contributed by atoms with Crippen molar-refractivity contribution in [1.82, 2.24) is 13.8 Å². The Kier molecular flexibility index (Phi) is 6.76. The van der Waals surface area contributed by atoms with Crippen LogP contribution in [0.3, 0.4) is 0 Å². The van der Waals surface area contributed by atoms with Crippen LogP contribution >= 0.6 is 0 Å². The van der Waals surface area contributed by atoms with Gasteiger partial charge in [-0.05, 0) is 38.0 Å². The summed E-state index contributed by atoms with van der Waals surface area (Å²) in [6.45, 7) is 4.69. The van der Waals surface area contributed by atoms with Crippen molar-refractivity contribution in [3.05, 3.63) is 48.3 Å². The molecule has 0 bridgehead atoms. The highest BCUT2D eigenvalue weighted by Crippen LogP contribution is 2.29. The minimum atomic E-state index is -3.93. The lowest BCUT2D eigenvalue weighted by Crippen LogP contribution is -2.54. The third kappa shape index (κ3) is 4.63. The highest BCUT2D eigenvalue weighted by atomic mass is 32.2. The van der Waals surface area contributed by atoms with Gasteiger partial charge in [0, 0.05) is 51.7 Å². The van der Waals surface area contributed by atoms with Crippen molar-refractivity contribution in [2.75, 3.05) is 44.2 Å². The predicted molar refractivity (Wildman–Crippen MR) is 124 cm³/mol. The van der Waals surface area contributed by atoms with Crippen LogP contribution < -0.4 is 4.90 Å². The lowest BCUT2D eigenvalue weighted by molar-refractivity contribution is -0.134. The van der Waals surface area contributed by atoms with Gasteiger partial charge in [-0.15, -0.1) is 0 Å². The van der Waals surface area contributed by atoms with Crippen LogP contribution in [-0.2, 0) is 26.6 Å². The van der Waals surface area contributed by atoms with E-state index in [0.29, 0.717) is 39.0 Å². The maximum Gasteiger partial charge on any atom is 0.354 e. The molecule has 2 saturated heterocycles. The Labute approximate surface area is 194 Å². The molecule has 1 atom stereocenters. The molecule has 2 aliphatic heterocycles. The van der Waals surface area contributed by atoms with Crippen LogP contribution in [0.4, 0.5) is 5.69 Å². The molecule has 0 radical (unpaired) electrons. The van der Waals surface area contributed by atoms with E-state index in [2.05, 4.69) is 4.90 Å². The van der Waals surface area contributed by atoms with E-state index in [1.165, 1.54) is 21.1 Å². The molecule has 0 unspecified atom stereocenters. The van der Waals surface area contributed by atoms with Crippen molar-refractivity contribution >= 4 is 27.6 Å². The highest BCUT2D eigenvalue weighted by molar-refractivity contribution is 7.89. The molecule has 33 heavy (non-hydrogen) atoms. The Morgan fingerprint density at radius 2 is 1.76 bits per heavy atom. The maximum atomic E-state index is 13.4. The Morgan fingerprint density at radius 3 is 2.42 bits per heavy atom. The number of aromatic nitrogens is 1. The van der Waals surface area contributed by atoms with Gasteiger partial charge in [0.05, 0.1) is 6.61 Å². The fourth-order valence-electron chi connectivity index (χ4n) is 4.53. The summed E-state index contributed by atoms with van der Waals surface area (Å²) < 4.78 is 34.5. The molecular formula is C23H30N4O5S. The molecule has 0 N–H and O–H groups in total. The first-order chi connectivity index (χ1) is 15.8. The molecule has 10 heteroatoms. The maximum absolute atomic E-state index is 13.4. The first-order valence-electron chi connectivity index (χ1n) is 11.3. The van der Waals surface area contributed by atoms with Crippen molar-refractivity contribution in [2.24, 2.45) is 7.05 Å². The highest BCUT2D eigenvalue weighted by Gasteiger charge is 2.42. The van der Waals surface area contributed by atoms with Crippen LogP contribution in [0.25, 0.3) is 0 Å². The molecule has 2 aromatic rings. The molecule has 0 aliphatic carbocycles. The van der Waals surface area contributed by atoms with Gasteiger partial charge in [-0.25, -0.2) is 13.2 Å². The van der Waals surface area contributed by atoms with Crippen molar-refractivity contribution in [2.45, 2.75) is 30.7 Å². The standard InChI is InChI=1S/C23H30N4O5S/c1-3-32-23(29)21-16-19(17-24(21)2)33(30,31)27-11-7-10-20(27)22(28)26-14-12-25(13-15-26)18-8-5-4-6-9-18/h4-6,8-9,16-17,20H,3,7,10-15H2,1-2H3/t20-/m0/s1. The second kappa shape index (κ2) is 9.56. The zero-order valence-electron chi connectivity index (χ0n) is 19.0. The van der Waals surface area contributed by atoms with Crippen LogP contribution in [0.1, 0.15) is 30.3 Å². The Morgan fingerprint density at radius 1 is 1.06 bits per heavy atom. The fourth-order valence-corrected chi connectivity index (χ4v) is 6.25. The zero-order chi connectivity index (χ0) is 23.6. The Bertz CT molecular complexity index is 1110. The van der Waals surface area contributed by atoms with Crippen LogP contribution in [0.2, 0.25) is 0 Å². The third-order valence-corrected chi connectivity index (χ3v) is 8.15. The molecule has 3 heterocycles. The van der Waals surface area contributed by atoms with Crippen LogP contribution in [0.15, 0.2) is 47.5 Å². The van der Waals surface area contributed by atoms with Gasteiger partial charge in [-0.1, -0.05) is 18.2 Å². The second-order valence-electron chi connectivity index (χ2n) is 8.31. The summed E-state index contributed by atoms with van der Waals surface area (Å²) in [5, 5.41) is 0. The second-order valence-corrected chi connectivity index (χ2v) is 10.2. The number of aryl methyl sites for hydroxylation is 1. The number of ether oxygens (including phenoxy) is 1. The van der Waals surface area contributed by atoms with E-state index in [-0.39, 0.29) is 29.6 Å². The van der Waals surface area contributed by atoms with E-state index in [0.717, 1.165) is 5.69 Å². The van der Waals surface area contributed by atoms with E-state index in [1.807, 2.05) is 30.3 Å². The van der Waals surface area contributed by atoms with Crippen LogP contribution in [0, 0.1) is 0 Å². The minimum absolute atomic E-state index is 0.00153. The molecular weight excluding hydrogens is 444 g/mol.